The van der Waals surface area contributed by atoms with Gasteiger partial charge in [-0.1, -0.05) is 0 Å². The Labute approximate surface area is 73.6 Å². The fraction of sp³-hybridized carbons (Fsp3) is 0.667. The molecule has 3 nitrogen and oxygen atoms in total. The van der Waals surface area contributed by atoms with Gasteiger partial charge in [0.25, 0.3) is 0 Å². The lowest BCUT2D eigenvalue weighted by atomic mass is 10.2. The van der Waals surface area contributed by atoms with E-state index < -0.39 is 0 Å². The molecule has 0 aliphatic rings. The van der Waals surface area contributed by atoms with Gasteiger partial charge in [0.1, 0.15) is 0 Å². The van der Waals surface area contributed by atoms with Gasteiger partial charge in [0.15, 0.2) is 0 Å². The molecular formula is C9H17N3. The van der Waals surface area contributed by atoms with Crippen molar-refractivity contribution in [2.24, 2.45) is 5.73 Å². The average molecular weight is 167 g/mol. The third-order valence-corrected chi connectivity index (χ3v) is 2.05. The number of hydrogen-bond acceptors (Lipinski definition) is 2. The highest BCUT2D eigenvalue weighted by Crippen LogP contribution is 2.12. The van der Waals surface area contributed by atoms with E-state index in [0.717, 1.165) is 18.7 Å². The van der Waals surface area contributed by atoms with Crippen LogP contribution in [0.2, 0.25) is 0 Å². The molecule has 1 unspecified atom stereocenters. The lowest BCUT2D eigenvalue weighted by Crippen LogP contribution is -2.13. The first-order valence-electron chi connectivity index (χ1n) is 4.38. The van der Waals surface area contributed by atoms with Gasteiger partial charge >= 0.3 is 0 Å². The maximum absolute atomic E-state index is 5.48. The summed E-state index contributed by atoms with van der Waals surface area (Å²) in [5.74, 6) is 0. The molecule has 2 N–H and O–H groups in total. The smallest absolute Gasteiger partial charge is 0.0596 e. The Bertz CT molecular complexity index is 252. The molecule has 1 aromatic rings. The molecule has 0 fully saturated rings. The average Bonchev–Trinajstić information content (AvgIpc) is 2.30. The van der Waals surface area contributed by atoms with Crippen LogP contribution in [0.3, 0.4) is 0 Å². The van der Waals surface area contributed by atoms with Crippen LogP contribution in [0.5, 0.6) is 0 Å². The third-order valence-electron chi connectivity index (χ3n) is 2.05. The van der Waals surface area contributed by atoms with E-state index in [9.17, 15) is 0 Å². The highest BCUT2D eigenvalue weighted by atomic mass is 15.3. The van der Waals surface area contributed by atoms with Crippen LogP contribution in [0.4, 0.5) is 0 Å². The van der Waals surface area contributed by atoms with Gasteiger partial charge in [-0.15, -0.1) is 0 Å². The molecule has 0 aliphatic heterocycles. The second-order valence-electron chi connectivity index (χ2n) is 3.30. The maximum atomic E-state index is 5.48. The molecule has 0 saturated carbocycles. The van der Waals surface area contributed by atoms with Gasteiger partial charge in [0, 0.05) is 5.69 Å². The van der Waals surface area contributed by atoms with Crippen molar-refractivity contribution < 1.29 is 0 Å². The SMILES string of the molecule is Cc1cc(C)n(C(C)CCN)n1. The van der Waals surface area contributed by atoms with Gasteiger partial charge in [-0.05, 0) is 39.8 Å². The summed E-state index contributed by atoms with van der Waals surface area (Å²) >= 11 is 0. The lowest BCUT2D eigenvalue weighted by molar-refractivity contribution is 0.454. The third kappa shape index (κ3) is 1.85. The summed E-state index contributed by atoms with van der Waals surface area (Å²) < 4.78 is 2.04. The maximum Gasteiger partial charge on any atom is 0.0596 e. The topological polar surface area (TPSA) is 43.8 Å². The summed E-state index contributed by atoms with van der Waals surface area (Å²) in [6.07, 6.45) is 0.988. The minimum absolute atomic E-state index is 0.420. The van der Waals surface area contributed by atoms with Gasteiger partial charge < -0.3 is 5.73 Å². The summed E-state index contributed by atoms with van der Waals surface area (Å²) in [6, 6.07) is 2.51. The zero-order chi connectivity index (χ0) is 9.14. The van der Waals surface area contributed by atoms with Crippen LogP contribution in [0.15, 0.2) is 6.07 Å². The van der Waals surface area contributed by atoms with E-state index in [-0.39, 0.29) is 0 Å². The van der Waals surface area contributed by atoms with Crippen LogP contribution in [0.25, 0.3) is 0 Å². The van der Waals surface area contributed by atoms with Crippen molar-refractivity contribution in [3.05, 3.63) is 17.5 Å². The van der Waals surface area contributed by atoms with E-state index in [1.54, 1.807) is 0 Å². The fourth-order valence-corrected chi connectivity index (χ4v) is 1.46. The van der Waals surface area contributed by atoms with E-state index in [0.29, 0.717) is 6.04 Å². The normalized spacial score (nSPS) is 13.3. The van der Waals surface area contributed by atoms with Crippen molar-refractivity contribution >= 4 is 0 Å². The van der Waals surface area contributed by atoms with Gasteiger partial charge in [-0.25, -0.2) is 0 Å². The van der Waals surface area contributed by atoms with Crippen LogP contribution >= 0.6 is 0 Å². The highest BCUT2D eigenvalue weighted by molar-refractivity contribution is 5.07. The number of nitrogens with two attached hydrogens (primary N) is 1. The van der Waals surface area contributed by atoms with Crippen LogP contribution in [0, 0.1) is 13.8 Å². The molecule has 1 heterocycles. The first kappa shape index (κ1) is 9.26. The molecule has 68 valence electrons. The summed E-state index contributed by atoms with van der Waals surface area (Å²) in [5.41, 5.74) is 7.78. The summed E-state index contributed by atoms with van der Waals surface area (Å²) in [5, 5.41) is 4.39. The summed E-state index contributed by atoms with van der Waals surface area (Å²) in [6.45, 7) is 6.96. The quantitative estimate of drug-likeness (QED) is 0.739. The molecule has 0 aromatic carbocycles. The van der Waals surface area contributed by atoms with Crippen LogP contribution in [-0.4, -0.2) is 16.3 Å². The number of aromatic nitrogens is 2. The number of hydrogen-bond donors (Lipinski definition) is 1. The fourth-order valence-electron chi connectivity index (χ4n) is 1.46. The largest absolute Gasteiger partial charge is 0.330 e. The Morgan fingerprint density at radius 1 is 1.58 bits per heavy atom. The molecule has 0 amide bonds. The summed E-state index contributed by atoms with van der Waals surface area (Å²) in [4.78, 5) is 0. The van der Waals surface area contributed by atoms with Crippen molar-refractivity contribution in [1.82, 2.24) is 9.78 Å². The van der Waals surface area contributed by atoms with Crippen LogP contribution in [-0.2, 0) is 0 Å². The molecule has 1 aromatic heterocycles. The van der Waals surface area contributed by atoms with Crippen molar-refractivity contribution in [2.45, 2.75) is 33.2 Å². The first-order chi connectivity index (χ1) is 5.65. The zero-order valence-electron chi connectivity index (χ0n) is 8.04. The zero-order valence-corrected chi connectivity index (χ0v) is 8.04. The minimum atomic E-state index is 0.420. The molecule has 3 heteroatoms. The molecule has 1 rings (SSSR count). The lowest BCUT2D eigenvalue weighted by Gasteiger charge is -2.12. The minimum Gasteiger partial charge on any atom is -0.330 e. The van der Waals surface area contributed by atoms with E-state index in [4.69, 9.17) is 5.73 Å². The Morgan fingerprint density at radius 2 is 2.25 bits per heavy atom. The Balaban J connectivity index is 2.79. The number of aryl methyl sites for hydroxylation is 2. The van der Waals surface area contributed by atoms with Gasteiger partial charge in [0.05, 0.1) is 11.7 Å². The van der Waals surface area contributed by atoms with E-state index in [1.807, 2.05) is 11.6 Å². The van der Waals surface area contributed by atoms with E-state index in [1.165, 1.54) is 5.69 Å². The van der Waals surface area contributed by atoms with Gasteiger partial charge in [-0.2, -0.15) is 5.10 Å². The second-order valence-corrected chi connectivity index (χ2v) is 3.30. The van der Waals surface area contributed by atoms with Crippen LogP contribution in [0.1, 0.15) is 30.8 Å². The first-order valence-corrected chi connectivity index (χ1v) is 4.38. The van der Waals surface area contributed by atoms with Crippen molar-refractivity contribution in [3.8, 4) is 0 Å². The van der Waals surface area contributed by atoms with Gasteiger partial charge in [0.2, 0.25) is 0 Å². The molecule has 0 spiro atoms. The van der Waals surface area contributed by atoms with E-state index >= 15 is 0 Å². The molecule has 0 bridgehead atoms. The van der Waals surface area contributed by atoms with E-state index in [2.05, 4.69) is 25.0 Å². The Hall–Kier alpha value is -0.830. The number of rotatable bonds is 3. The Morgan fingerprint density at radius 3 is 2.67 bits per heavy atom. The highest BCUT2D eigenvalue weighted by Gasteiger charge is 2.07. The molecular weight excluding hydrogens is 150 g/mol. The van der Waals surface area contributed by atoms with Crippen molar-refractivity contribution in [2.75, 3.05) is 6.54 Å². The Kier molecular flexibility index (Phi) is 2.87. The second kappa shape index (κ2) is 3.72. The molecule has 0 radical (unpaired) electrons. The predicted molar refractivity (Wildman–Crippen MR) is 50.1 cm³/mol. The molecule has 0 saturated heterocycles. The standard InChI is InChI=1S/C9H17N3/c1-7-6-9(3)12(11-7)8(2)4-5-10/h6,8H,4-5,10H2,1-3H3. The molecule has 0 aliphatic carbocycles. The summed E-state index contributed by atoms with van der Waals surface area (Å²) in [7, 11) is 0. The predicted octanol–water partition coefficient (Wildman–Crippen LogP) is 1.41. The molecule has 12 heavy (non-hydrogen) atoms. The monoisotopic (exact) mass is 167 g/mol. The molecule has 1 atom stereocenters. The number of nitrogens with zero attached hydrogens (tertiary/aromatic N) is 2. The van der Waals surface area contributed by atoms with Crippen molar-refractivity contribution in [3.63, 3.8) is 0 Å². The van der Waals surface area contributed by atoms with Gasteiger partial charge in [-0.3, -0.25) is 4.68 Å². The van der Waals surface area contributed by atoms with Crippen molar-refractivity contribution in [1.29, 1.82) is 0 Å². The van der Waals surface area contributed by atoms with Crippen LogP contribution < -0.4 is 5.73 Å².